The summed E-state index contributed by atoms with van der Waals surface area (Å²) in [7, 11) is 1.34. The first-order chi connectivity index (χ1) is 11.4. The highest BCUT2D eigenvalue weighted by Gasteiger charge is 2.51. The number of fused-ring (bicyclic) bond motifs is 2. The number of anilines is 1. The molecule has 0 aromatic heterocycles. The molecule has 2 aliphatic carbocycles. The number of nitro groups is 1. The van der Waals surface area contributed by atoms with Crippen LogP contribution in [0.25, 0.3) is 0 Å². The van der Waals surface area contributed by atoms with E-state index in [-0.39, 0.29) is 29.0 Å². The Morgan fingerprint density at radius 2 is 1.96 bits per heavy atom. The third-order valence-electron chi connectivity index (χ3n) is 4.70. The Kier molecular flexibility index (Phi) is 3.96. The highest BCUT2D eigenvalue weighted by molar-refractivity contribution is 5.97. The largest absolute Gasteiger partial charge is 0.494 e. The molecule has 4 atom stereocenters. The van der Waals surface area contributed by atoms with E-state index in [1.165, 1.54) is 25.3 Å². The number of nitro benzene ring substituents is 1. The number of benzene rings is 1. The monoisotopic (exact) mass is 332 g/mol. The van der Waals surface area contributed by atoms with Crippen molar-refractivity contribution in [2.45, 2.75) is 6.42 Å². The molecule has 1 aromatic carbocycles. The van der Waals surface area contributed by atoms with Gasteiger partial charge in [-0.3, -0.25) is 19.7 Å². The van der Waals surface area contributed by atoms with Gasteiger partial charge in [-0.1, -0.05) is 12.2 Å². The van der Waals surface area contributed by atoms with E-state index in [0.717, 1.165) is 0 Å². The lowest BCUT2D eigenvalue weighted by atomic mass is 9.82. The minimum Gasteiger partial charge on any atom is -0.494 e. The standard InChI is InChI=1S/C16H16N2O6/c1-24-12-7-10(18(22)23)4-5-11(12)17-15(19)13-8-2-3-9(6-8)14(13)16(20)21/h2-5,7-9,13-14H,6H2,1H3,(H,17,19)(H,20,21)/t8-,9-,13+,14+/m0/s1. The number of aliphatic carboxylic acids is 1. The van der Waals surface area contributed by atoms with Gasteiger partial charge in [-0.2, -0.15) is 0 Å². The molecule has 0 heterocycles. The van der Waals surface area contributed by atoms with Crippen molar-refractivity contribution in [2.75, 3.05) is 12.4 Å². The molecule has 2 bridgehead atoms. The second kappa shape index (κ2) is 5.95. The van der Waals surface area contributed by atoms with Crippen LogP contribution in [0.4, 0.5) is 11.4 Å². The lowest BCUT2D eigenvalue weighted by Gasteiger charge is -2.24. The van der Waals surface area contributed by atoms with Crippen LogP contribution in [-0.4, -0.2) is 29.0 Å². The number of nitrogens with one attached hydrogen (secondary N) is 1. The number of carboxylic acids is 1. The molecule has 8 heteroatoms. The highest BCUT2D eigenvalue weighted by atomic mass is 16.6. The van der Waals surface area contributed by atoms with Crippen LogP contribution in [0, 0.1) is 33.8 Å². The molecule has 1 saturated carbocycles. The van der Waals surface area contributed by atoms with Gasteiger partial charge in [0.1, 0.15) is 5.75 Å². The van der Waals surface area contributed by atoms with Crippen molar-refractivity contribution < 1.29 is 24.4 Å². The summed E-state index contributed by atoms with van der Waals surface area (Å²) in [6, 6.07) is 3.85. The van der Waals surface area contributed by atoms with Gasteiger partial charge in [0.15, 0.2) is 0 Å². The van der Waals surface area contributed by atoms with Crippen LogP contribution in [0.3, 0.4) is 0 Å². The maximum atomic E-state index is 12.6. The number of ether oxygens (including phenoxy) is 1. The zero-order valence-electron chi connectivity index (χ0n) is 12.8. The summed E-state index contributed by atoms with van der Waals surface area (Å²) < 4.78 is 5.09. The molecular formula is C16H16N2O6. The molecule has 24 heavy (non-hydrogen) atoms. The van der Waals surface area contributed by atoms with Crippen molar-refractivity contribution in [1.29, 1.82) is 0 Å². The Labute approximate surface area is 137 Å². The molecule has 2 aliphatic rings. The maximum absolute atomic E-state index is 12.6. The van der Waals surface area contributed by atoms with Crippen molar-refractivity contribution in [3.63, 3.8) is 0 Å². The zero-order chi connectivity index (χ0) is 17.4. The molecule has 126 valence electrons. The quantitative estimate of drug-likeness (QED) is 0.484. The molecule has 0 saturated heterocycles. The van der Waals surface area contributed by atoms with E-state index >= 15 is 0 Å². The fourth-order valence-electron chi connectivity index (χ4n) is 3.63. The summed E-state index contributed by atoms with van der Waals surface area (Å²) >= 11 is 0. The van der Waals surface area contributed by atoms with Crippen molar-refractivity contribution in [2.24, 2.45) is 23.7 Å². The van der Waals surface area contributed by atoms with Gasteiger partial charge in [-0.15, -0.1) is 0 Å². The van der Waals surface area contributed by atoms with E-state index in [4.69, 9.17) is 4.74 Å². The molecule has 8 nitrogen and oxygen atoms in total. The second-order valence-corrected chi connectivity index (χ2v) is 5.97. The molecule has 3 rings (SSSR count). The summed E-state index contributed by atoms with van der Waals surface area (Å²) in [6.45, 7) is 0. The lowest BCUT2D eigenvalue weighted by Crippen LogP contribution is -2.36. The van der Waals surface area contributed by atoms with E-state index < -0.39 is 28.6 Å². The van der Waals surface area contributed by atoms with Crippen molar-refractivity contribution in [3.05, 3.63) is 40.5 Å². The lowest BCUT2D eigenvalue weighted by molar-refractivity contribution is -0.384. The third-order valence-corrected chi connectivity index (χ3v) is 4.70. The van der Waals surface area contributed by atoms with Gasteiger partial charge >= 0.3 is 5.97 Å². The van der Waals surface area contributed by atoms with Gasteiger partial charge in [0.2, 0.25) is 5.91 Å². The molecule has 1 aromatic rings. The average molecular weight is 332 g/mol. The minimum absolute atomic E-state index is 0.0971. The summed E-state index contributed by atoms with van der Waals surface area (Å²) in [5.41, 5.74) is 0.125. The Morgan fingerprint density at radius 1 is 1.29 bits per heavy atom. The smallest absolute Gasteiger partial charge is 0.307 e. The number of methoxy groups -OCH3 is 1. The van der Waals surface area contributed by atoms with Gasteiger partial charge in [0.05, 0.1) is 35.6 Å². The molecule has 1 amide bonds. The van der Waals surface area contributed by atoms with Gasteiger partial charge in [0, 0.05) is 6.07 Å². The van der Waals surface area contributed by atoms with E-state index in [2.05, 4.69) is 5.32 Å². The number of carboxylic acid groups (broad SMARTS) is 1. The Morgan fingerprint density at radius 3 is 2.54 bits per heavy atom. The Hall–Kier alpha value is -2.90. The zero-order valence-corrected chi connectivity index (χ0v) is 12.8. The second-order valence-electron chi connectivity index (χ2n) is 5.97. The normalized spacial score (nSPS) is 27.0. The number of carbonyl (C=O) groups is 2. The number of non-ortho nitro benzene ring substituents is 1. The number of allylic oxidation sites excluding steroid dienone is 2. The first-order valence-corrected chi connectivity index (χ1v) is 7.46. The number of nitrogens with zero attached hydrogens (tertiary/aromatic N) is 1. The molecule has 0 aliphatic heterocycles. The first kappa shape index (κ1) is 16.0. The molecule has 1 fully saturated rings. The predicted octanol–water partition coefficient (Wildman–Crippen LogP) is 2.06. The van der Waals surface area contributed by atoms with Crippen LogP contribution in [0.1, 0.15) is 6.42 Å². The van der Waals surface area contributed by atoms with Crippen molar-refractivity contribution in [3.8, 4) is 5.75 Å². The summed E-state index contributed by atoms with van der Waals surface area (Å²) in [4.78, 5) is 34.3. The van der Waals surface area contributed by atoms with E-state index in [9.17, 15) is 24.8 Å². The molecule has 0 radical (unpaired) electrons. The summed E-state index contributed by atoms with van der Waals surface area (Å²) in [6.07, 6.45) is 4.41. The van der Waals surface area contributed by atoms with E-state index in [0.29, 0.717) is 6.42 Å². The number of hydrogen-bond donors (Lipinski definition) is 2. The number of rotatable bonds is 5. The minimum atomic E-state index is -0.984. The third kappa shape index (κ3) is 2.60. The number of carbonyl (C=O) groups excluding carboxylic acids is 1. The first-order valence-electron chi connectivity index (χ1n) is 7.46. The van der Waals surface area contributed by atoms with Gasteiger partial charge < -0.3 is 15.2 Å². The fraction of sp³-hybridized carbons (Fsp3) is 0.375. The van der Waals surface area contributed by atoms with Gasteiger partial charge in [0.25, 0.3) is 5.69 Å². The SMILES string of the molecule is COc1cc([N+](=O)[O-])ccc1NC(=O)[C@H]1[C@H](C(=O)O)[C@H]2C=C[C@H]1C2. The van der Waals surface area contributed by atoms with Crippen LogP contribution in [0.15, 0.2) is 30.4 Å². The van der Waals surface area contributed by atoms with Crippen molar-refractivity contribution >= 4 is 23.3 Å². The topological polar surface area (TPSA) is 119 Å². The van der Waals surface area contributed by atoms with Gasteiger partial charge in [-0.25, -0.2) is 0 Å². The van der Waals surface area contributed by atoms with Crippen LogP contribution in [-0.2, 0) is 9.59 Å². The molecule has 0 spiro atoms. The molecule has 0 unspecified atom stereocenters. The highest BCUT2D eigenvalue weighted by Crippen LogP contribution is 2.48. The summed E-state index contributed by atoms with van der Waals surface area (Å²) in [5, 5.41) is 22.9. The Bertz CT molecular complexity index is 744. The average Bonchev–Trinajstić information content (AvgIpc) is 3.15. The molecular weight excluding hydrogens is 316 g/mol. The van der Waals surface area contributed by atoms with Crippen LogP contribution in [0.2, 0.25) is 0 Å². The molecule has 2 N–H and O–H groups in total. The van der Waals surface area contributed by atoms with Crippen LogP contribution in [0.5, 0.6) is 5.75 Å². The number of hydrogen-bond acceptors (Lipinski definition) is 5. The summed E-state index contributed by atoms with van der Waals surface area (Å²) in [5.74, 6) is -2.86. The van der Waals surface area contributed by atoms with Crippen LogP contribution < -0.4 is 10.1 Å². The number of amides is 1. The fourth-order valence-corrected chi connectivity index (χ4v) is 3.63. The maximum Gasteiger partial charge on any atom is 0.307 e. The Balaban J connectivity index is 1.83. The van der Waals surface area contributed by atoms with E-state index in [1.54, 1.807) is 0 Å². The predicted molar refractivity (Wildman–Crippen MR) is 83.6 cm³/mol. The van der Waals surface area contributed by atoms with Gasteiger partial charge in [-0.05, 0) is 24.3 Å². The van der Waals surface area contributed by atoms with Crippen LogP contribution >= 0.6 is 0 Å². The van der Waals surface area contributed by atoms with E-state index in [1.807, 2.05) is 12.2 Å². The van der Waals surface area contributed by atoms with Crippen molar-refractivity contribution in [1.82, 2.24) is 0 Å².